The number of aryl methyl sites for hydroxylation is 1. The van der Waals surface area contributed by atoms with Crippen LogP contribution in [0, 0.1) is 5.92 Å². The molecule has 0 aliphatic heterocycles. The lowest BCUT2D eigenvalue weighted by Crippen LogP contribution is -2.15. The summed E-state index contributed by atoms with van der Waals surface area (Å²) in [6.45, 7) is 0. The lowest BCUT2D eigenvalue weighted by Gasteiger charge is -2.11. The summed E-state index contributed by atoms with van der Waals surface area (Å²) in [5, 5.41) is 17.8. The van der Waals surface area contributed by atoms with E-state index in [0.717, 1.165) is 31.4 Å². The molecule has 0 amide bonds. The number of aromatic nitrogens is 3. The van der Waals surface area contributed by atoms with E-state index >= 15 is 0 Å². The first-order chi connectivity index (χ1) is 6.25. The molecule has 13 heavy (non-hydrogen) atoms. The molecule has 4 heteroatoms. The number of aliphatic hydroxyl groups excluding tert-OH is 1. The van der Waals surface area contributed by atoms with Crippen LogP contribution in [0.4, 0.5) is 0 Å². The van der Waals surface area contributed by atoms with Gasteiger partial charge in [0.1, 0.15) is 0 Å². The number of hydrogen-bond acceptors (Lipinski definition) is 3. The minimum absolute atomic E-state index is 0.123. The largest absolute Gasteiger partial charge is 0.393 e. The maximum Gasteiger partial charge on any atom is 0.0830 e. The molecule has 2 unspecified atom stereocenters. The Morgan fingerprint density at radius 1 is 1.62 bits per heavy atom. The van der Waals surface area contributed by atoms with Gasteiger partial charge in [-0.05, 0) is 25.2 Å². The van der Waals surface area contributed by atoms with Gasteiger partial charge in [0.25, 0.3) is 0 Å². The van der Waals surface area contributed by atoms with Crippen LogP contribution in [0.5, 0.6) is 0 Å². The van der Waals surface area contributed by atoms with Crippen molar-refractivity contribution in [1.82, 2.24) is 15.0 Å². The Bertz CT molecular complexity index is 284. The second-order valence-corrected chi connectivity index (χ2v) is 3.79. The molecule has 1 saturated carbocycles. The van der Waals surface area contributed by atoms with Gasteiger partial charge in [-0.1, -0.05) is 6.42 Å². The summed E-state index contributed by atoms with van der Waals surface area (Å²) >= 11 is 0. The summed E-state index contributed by atoms with van der Waals surface area (Å²) in [5.74, 6) is 0.400. The van der Waals surface area contributed by atoms with Crippen LogP contribution in [0.15, 0.2) is 6.20 Å². The molecule has 2 rings (SSSR count). The van der Waals surface area contributed by atoms with Gasteiger partial charge in [0.05, 0.1) is 18.0 Å². The third-order valence-electron chi connectivity index (χ3n) is 2.74. The van der Waals surface area contributed by atoms with E-state index in [0.29, 0.717) is 5.92 Å². The molecule has 0 bridgehead atoms. The predicted octanol–water partition coefficient (Wildman–Crippen LogP) is 0.519. The molecular weight excluding hydrogens is 166 g/mol. The standard InChI is InChI=1S/C9H15N3O/c1-12-10-6-8(11-12)5-7-3-2-4-9(7)13/h6-7,9,13H,2-5H2,1H3. The number of rotatable bonds is 2. The highest BCUT2D eigenvalue weighted by Gasteiger charge is 2.25. The third-order valence-corrected chi connectivity index (χ3v) is 2.74. The van der Waals surface area contributed by atoms with Crippen LogP contribution in [-0.4, -0.2) is 26.2 Å². The maximum atomic E-state index is 9.60. The van der Waals surface area contributed by atoms with E-state index < -0.39 is 0 Å². The Balaban J connectivity index is 1.97. The van der Waals surface area contributed by atoms with Crippen molar-refractivity contribution in [1.29, 1.82) is 0 Å². The lowest BCUT2D eigenvalue weighted by atomic mass is 10.0. The Kier molecular flexibility index (Phi) is 2.31. The Hall–Kier alpha value is -0.900. The molecule has 1 aromatic heterocycles. The van der Waals surface area contributed by atoms with Gasteiger partial charge in [-0.3, -0.25) is 0 Å². The zero-order valence-corrected chi connectivity index (χ0v) is 7.85. The van der Waals surface area contributed by atoms with E-state index in [1.165, 1.54) is 0 Å². The Morgan fingerprint density at radius 3 is 3.00 bits per heavy atom. The molecule has 0 saturated heterocycles. The van der Waals surface area contributed by atoms with Crippen LogP contribution in [0.3, 0.4) is 0 Å². The van der Waals surface area contributed by atoms with Crippen molar-refractivity contribution in [3.8, 4) is 0 Å². The molecule has 1 aliphatic carbocycles. The van der Waals surface area contributed by atoms with Gasteiger partial charge in [-0.15, -0.1) is 0 Å². The summed E-state index contributed by atoms with van der Waals surface area (Å²) in [4.78, 5) is 1.57. The quantitative estimate of drug-likeness (QED) is 0.723. The summed E-state index contributed by atoms with van der Waals surface area (Å²) < 4.78 is 0. The fraction of sp³-hybridized carbons (Fsp3) is 0.778. The van der Waals surface area contributed by atoms with E-state index in [9.17, 15) is 5.11 Å². The van der Waals surface area contributed by atoms with E-state index in [-0.39, 0.29) is 6.10 Å². The maximum absolute atomic E-state index is 9.60. The minimum atomic E-state index is -0.123. The van der Waals surface area contributed by atoms with Gasteiger partial charge in [-0.25, -0.2) is 0 Å². The SMILES string of the molecule is Cn1ncc(CC2CCCC2O)n1. The molecule has 0 radical (unpaired) electrons. The van der Waals surface area contributed by atoms with Crippen LogP contribution in [0.2, 0.25) is 0 Å². The second kappa shape index (κ2) is 3.46. The highest BCUT2D eigenvalue weighted by molar-refractivity contribution is 4.95. The molecule has 0 aromatic carbocycles. The first-order valence-electron chi connectivity index (χ1n) is 4.79. The van der Waals surface area contributed by atoms with Crippen molar-refractivity contribution in [3.05, 3.63) is 11.9 Å². The molecule has 1 aliphatic rings. The molecule has 0 spiro atoms. The van der Waals surface area contributed by atoms with E-state index in [1.807, 2.05) is 7.05 Å². The Morgan fingerprint density at radius 2 is 2.46 bits per heavy atom. The van der Waals surface area contributed by atoms with Crippen LogP contribution >= 0.6 is 0 Å². The van der Waals surface area contributed by atoms with Gasteiger partial charge in [0.2, 0.25) is 0 Å². The highest BCUT2D eigenvalue weighted by atomic mass is 16.3. The third kappa shape index (κ3) is 1.88. The molecule has 1 aromatic rings. The van der Waals surface area contributed by atoms with Crippen molar-refractivity contribution in [2.45, 2.75) is 31.8 Å². The fourth-order valence-electron chi connectivity index (χ4n) is 2.01. The van der Waals surface area contributed by atoms with Crippen LogP contribution < -0.4 is 0 Å². The summed E-state index contributed by atoms with van der Waals surface area (Å²) in [7, 11) is 1.81. The summed E-state index contributed by atoms with van der Waals surface area (Å²) in [6.07, 6.45) is 5.75. The minimum Gasteiger partial charge on any atom is -0.393 e. The van der Waals surface area contributed by atoms with Crippen molar-refractivity contribution in [3.63, 3.8) is 0 Å². The van der Waals surface area contributed by atoms with Crippen molar-refractivity contribution >= 4 is 0 Å². The van der Waals surface area contributed by atoms with Crippen molar-refractivity contribution < 1.29 is 5.11 Å². The van der Waals surface area contributed by atoms with E-state index in [1.54, 1.807) is 11.0 Å². The molecule has 72 valence electrons. The zero-order chi connectivity index (χ0) is 9.26. The number of aliphatic hydroxyl groups is 1. The Labute approximate surface area is 77.6 Å². The monoisotopic (exact) mass is 181 g/mol. The van der Waals surface area contributed by atoms with Gasteiger partial charge in [0.15, 0.2) is 0 Å². The fourth-order valence-corrected chi connectivity index (χ4v) is 2.01. The number of hydrogen-bond donors (Lipinski definition) is 1. The molecular formula is C9H15N3O. The highest BCUT2D eigenvalue weighted by Crippen LogP contribution is 2.27. The summed E-state index contributed by atoms with van der Waals surface area (Å²) in [6, 6.07) is 0. The average Bonchev–Trinajstić information content (AvgIpc) is 2.64. The first kappa shape index (κ1) is 8.69. The first-order valence-corrected chi connectivity index (χ1v) is 4.79. The van der Waals surface area contributed by atoms with Crippen molar-refractivity contribution in [2.24, 2.45) is 13.0 Å². The average molecular weight is 181 g/mol. The van der Waals surface area contributed by atoms with Crippen LogP contribution in [-0.2, 0) is 13.5 Å². The summed E-state index contributed by atoms with van der Waals surface area (Å²) in [5.41, 5.74) is 0.994. The molecule has 1 heterocycles. The van der Waals surface area contributed by atoms with E-state index in [2.05, 4.69) is 10.2 Å². The number of nitrogens with zero attached hydrogens (tertiary/aromatic N) is 3. The normalized spacial score (nSPS) is 28.2. The van der Waals surface area contributed by atoms with Gasteiger partial charge >= 0.3 is 0 Å². The van der Waals surface area contributed by atoms with Gasteiger partial charge in [0, 0.05) is 7.05 Å². The zero-order valence-electron chi connectivity index (χ0n) is 7.85. The van der Waals surface area contributed by atoms with Crippen molar-refractivity contribution in [2.75, 3.05) is 0 Å². The van der Waals surface area contributed by atoms with E-state index in [4.69, 9.17) is 0 Å². The molecule has 1 N–H and O–H groups in total. The van der Waals surface area contributed by atoms with Gasteiger partial charge < -0.3 is 5.11 Å². The molecule has 1 fully saturated rings. The van der Waals surface area contributed by atoms with Crippen LogP contribution in [0.1, 0.15) is 25.0 Å². The predicted molar refractivity (Wildman–Crippen MR) is 48.1 cm³/mol. The smallest absolute Gasteiger partial charge is 0.0830 e. The molecule has 4 nitrogen and oxygen atoms in total. The van der Waals surface area contributed by atoms with Crippen LogP contribution in [0.25, 0.3) is 0 Å². The lowest BCUT2D eigenvalue weighted by molar-refractivity contribution is 0.132. The second-order valence-electron chi connectivity index (χ2n) is 3.79. The topological polar surface area (TPSA) is 50.9 Å². The molecule has 2 atom stereocenters. The van der Waals surface area contributed by atoms with Gasteiger partial charge in [-0.2, -0.15) is 15.0 Å².